The van der Waals surface area contributed by atoms with E-state index in [0.29, 0.717) is 6.42 Å². The van der Waals surface area contributed by atoms with E-state index in [-0.39, 0.29) is 11.7 Å². The Morgan fingerprint density at radius 1 is 1.47 bits per heavy atom. The van der Waals surface area contributed by atoms with Gasteiger partial charge >= 0.3 is 6.03 Å². The third-order valence-electron chi connectivity index (χ3n) is 3.64. The van der Waals surface area contributed by atoms with Crippen LogP contribution >= 0.6 is 0 Å². The highest BCUT2D eigenvalue weighted by Gasteiger charge is 2.47. The van der Waals surface area contributed by atoms with E-state index in [9.17, 15) is 9.59 Å². The summed E-state index contributed by atoms with van der Waals surface area (Å²) in [6, 6.07) is -0.659. The van der Waals surface area contributed by atoms with Crippen LogP contribution in [0.15, 0.2) is 16.6 Å². The van der Waals surface area contributed by atoms with Gasteiger partial charge in [-0.1, -0.05) is 18.6 Å². The molecule has 0 fully saturated rings. The van der Waals surface area contributed by atoms with Gasteiger partial charge in [-0.2, -0.15) is 4.99 Å². The Labute approximate surface area is 100 Å². The van der Waals surface area contributed by atoms with Crippen molar-refractivity contribution in [3.8, 4) is 0 Å². The van der Waals surface area contributed by atoms with Crippen LogP contribution in [0, 0.1) is 5.41 Å². The lowest BCUT2D eigenvalue weighted by molar-refractivity contribution is -0.125. The quantitative estimate of drug-likeness (QED) is 0.711. The summed E-state index contributed by atoms with van der Waals surface area (Å²) >= 11 is 0. The molecule has 0 aromatic carbocycles. The maximum Gasteiger partial charge on any atom is 0.349 e. The molecule has 0 bridgehead atoms. The van der Waals surface area contributed by atoms with Gasteiger partial charge in [-0.15, -0.1) is 0 Å². The fourth-order valence-corrected chi connectivity index (χ4v) is 2.66. The van der Waals surface area contributed by atoms with Crippen molar-refractivity contribution in [3.63, 3.8) is 0 Å². The van der Waals surface area contributed by atoms with Gasteiger partial charge in [0.05, 0.1) is 0 Å². The van der Waals surface area contributed by atoms with Gasteiger partial charge in [-0.3, -0.25) is 10.1 Å². The maximum atomic E-state index is 12.1. The van der Waals surface area contributed by atoms with Crippen LogP contribution in [0.4, 0.5) is 4.79 Å². The second-order valence-electron chi connectivity index (χ2n) is 4.49. The molecule has 5 heteroatoms. The molecule has 1 aliphatic carbocycles. The third-order valence-corrected chi connectivity index (χ3v) is 3.64. The summed E-state index contributed by atoms with van der Waals surface area (Å²) in [5.74, 6) is -0.187. The smallest absolute Gasteiger partial charge is 0.349 e. The number of imide groups is 1. The number of hydrogen-bond acceptors (Lipinski definition) is 3. The molecule has 0 aromatic heterocycles. The number of aliphatic imine (C=N–C) groups is 1. The van der Waals surface area contributed by atoms with E-state index in [0.717, 1.165) is 31.3 Å². The number of hydrogen-bond donors (Lipinski definition) is 2. The predicted octanol–water partition coefficient (Wildman–Crippen LogP) is 1.49. The molecule has 3 amide bonds. The van der Waals surface area contributed by atoms with E-state index >= 15 is 0 Å². The van der Waals surface area contributed by atoms with E-state index < -0.39 is 11.4 Å². The molecule has 1 aliphatic heterocycles. The van der Waals surface area contributed by atoms with E-state index in [1.54, 1.807) is 0 Å². The van der Waals surface area contributed by atoms with Gasteiger partial charge < -0.3 is 5.73 Å². The summed E-state index contributed by atoms with van der Waals surface area (Å²) in [5, 5.41) is 2.26. The molecular formula is C12H17N3O2. The summed E-state index contributed by atoms with van der Waals surface area (Å²) in [6.07, 6.45) is 6.62. The van der Waals surface area contributed by atoms with Crippen molar-refractivity contribution in [2.75, 3.05) is 0 Å². The number of amides is 3. The zero-order valence-electron chi connectivity index (χ0n) is 9.95. The number of nitrogens with one attached hydrogen (secondary N) is 1. The first-order chi connectivity index (χ1) is 8.11. The van der Waals surface area contributed by atoms with Gasteiger partial charge in [-0.25, -0.2) is 4.79 Å². The van der Waals surface area contributed by atoms with Crippen molar-refractivity contribution in [2.24, 2.45) is 16.1 Å². The summed E-state index contributed by atoms with van der Waals surface area (Å²) in [5.41, 5.74) is 5.98. The number of nitrogens with two attached hydrogens (primary N) is 1. The van der Waals surface area contributed by atoms with Crippen LogP contribution in [0.3, 0.4) is 0 Å². The topological polar surface area (TPSA) is 84.5 Å². The Morgan fingerprint density at radius 2 is 2.24 bits per heavy atom. The van der Waals surface area contributed by atoms with Crippen molar-refractivity contribution < 1.29 is 9.59 Å². The average molecular weight is 235 g/mol. The zero-order valence-corrected chi connectivity index (χ0v) is 9.95. The van der Waals surface area contributed by atoms with Crippen molar-refractivity contribution in [1.82, 2.24) is 5.32 Å². The highest BCUT2D eigenvalue weighted by molar-refractivity contribution is 6.20. The highest BCUT2D eigenvalue weighted by atomic mass is 16.2. The molecule has 0 spiro atoms. The maximum absolute atomic E-state index is 12.1. The first-order valence-corrected chi connectivity index (χ1v) is 6.01. The standard InChI is InChI=1S/C12H17N3O2/c1-2-12(8-6-4-3-5-7-8)9(13)14-11(17)15-10(12)16/h6H,2-5,7H2,1H3,(H3,13,14,15,16,17)/t12-/m1/s1. The van der Waals surface area contributed by atoms with Gasteiger partial charge in [0, 0.05) is 0 Å². The molecular weight excluding hydrogens is 218 g/mol. The summed E-state index contributed by atoms with van der Waals surface area (Å²) in [7, 11) is 0. The number of carbonyl (C=O) groups is 2. The largest absolute Gasteiger partial charge is 0.386 e. The van der Waals surface area contributed by atoms with Crippen LogP contribution in [0.25, 0.3) is 0 Å². The van der Waals surface area contributed by atoms with Gasteiger partial charge in [0.2, 0.25) is 5.91 Å². The molecule has 0 aromatic rings. The monoisotopic (exact) mass is 235 g/mol. The molecule has 0 saturated carbocycles. The molecule has 3 N–H and O–H groups in total. The zero-order chi connectivity index (χ0) is 12.5. The lowest BCUT2D eigenvalue weighted by atomic mass is 9.71. The minimum absolute atomic E-state index is 0.141. The molecule has 0 saturated heterocycles. The first kappa shape index (κ1) is 11.8. The minimum Gasteiger partial charge on any atom is -0.386 e. The van der Waals surface area contributed by atoms with Crippen molar-refractivity contribution >= 4 is 17.8 Å². The summed E-state index contributed by atoms with van der Waals surface area (Å²) in [4.78, 5) is 27.0. The van der Waals surface area contributed by atoms with Crippen molar-refractivity contribution in [2.45, 2.75) is 39.0 Å². The first-order valence-electron chi connectivity index (χ1n) is 6.01. The molecule has 1 atom stereocenters. The highest BCUT2D eigenvalue weighted by Crippen LogP contribution is 2.39. The second kappa shape index (κ2) is 4.31. The van der Waals surface area contributed by atoms with Crippen LogP contribution in [0.2, 0.25) is 0 Å². The SMILES string of the molecule is CC[C@]1(C2=CCCCC2)C(=O)NC(=O)N=C1N. The van der Waals surface area contributed by atoms with Gasteiger partial charge in [-0.05, 0) is 32.1 Å². The number of rotatable bonds is 2. The van der Waals surface area contributed by atoms with Crippen LogP contribution < -0.4 is 11.1 Å². The van der Waals surface area contributed by atoms with Gasteiger partial charge in [0.25, 0.3) is 0 Å². The second-order valence-corrected chi connectivity index (χ2v) is 4.49. The fraction of sp³-hybridized carbons (Fsp3) is 0.583. The Balaban J connectivity index is 2.48. The van der Waals surface area contributed by atoms with E-state index in [2.05, 4.69) is 16.4 Å². The Bertz CT molecular complexity index is 425. The van der Waals surface area contributed by atoms with E-state index in [1.807, 2.05) is 6.92 Å². The van der Waals surface area contributed by atoms with E-state index in [4.69, 9.17) is 5.73 Å². The Kier molecular flexibility index (Phi) is 3.00. The van der Waals surface area contributed by atoms with Crippen molar-refractivity contribution in [3.05, 3.63) is 11.6 Å². The molecule has 2 rings (SSSR count). The normalized spacial score (nSPS) is 29.5. The molecule has 92 valence electrons. The lowest BCUT2D eigenvalue weighted by Crippen LogP contribution is -2.56. The molecule has 0 radical (unpaired) electrons. The molecule has 1 heterocycles. The number of carbonyl (C=O) groups excluding carboxylic acids is 2. The number of allylic oxidation sites excluding steroid dienone is 1. The third kappa shape index (κ3) is 1.75. The number of amidine groups is 1. The minimum atomic E-state index is -0.895. The molecule has 2 aliphatic rings. The predicted molar refractivity (Wildman–Crippen MR) is 64.4 cm³/mol. The van der Waals surface area contributed by atoms with Crippen LogP contribution in [-0.2, 0) is 4.79 Å². The summed E-state index contributed by atoms with van der Waals surface area (Å²) in [6.45, 7) is 1.90. The van der Waals surface area contributed by atoms with Crippen LogP contribution in [0.1, 0.15) is 39.0 Å². The van der Waals surface area contributed by atoms with Crippen LogP contribution in [0.5, 0.6) is 0 Å². The summed E-state index contributed by atoms with van der Waals surface area (Å²) < 4.78 is 0. The van der Waals surface area contributed by atoms with E-state index in [1.165, 1.54) is 0 Å². The molecule has 17 heavy (non-hydrogen) atoms. The molecule has 5 nitrogen and oxygen atoms in total. The van der Waals surface area contributed by atoms with Gasteiger partial charge in [0.1, 0.15) is 11.3 Å². The Morgan fingerprint density at radius 3 is 2.76 bits per heavy atom. The number of nitrogens with zero attached hydrogens (tertiary/aromatic N) is 1. The number of urea groups is 1. The lowest BCUT2D eigenvalue weighted by Gasteiger charge is -2.36. The molecule has 0 unspecified atom stereocenters. The average Bonchev–Trinajstić information content (AvgIpc) is 2.30. The van der Waals surface area contributed by atoms with Gasteiger partial charge in [0.15, 0.2) is 0 Å². The van der Waals surface area contributed by atoms with Crippen molar-refractivity contribution in [1.29, 1.82) is 0 Å². The fourth-order valence-electron chi connectivity index (χ4n) is 2.66. The Hall–Kier alpha value is -1.65. The van der Waals surface area contributed by atoms with Crippen LogP contribution in [-0.4, -0.2) is 17.8 Å².